The van der Waals surface area contributed by atoms with E-state index in [2.05, 4.69) is 22.0 Å². The summed E-state index contributed by atoms with van der Waals surface area (Å²) >= 11 is 0. The SMILES string of the molecule is NCC(CN1CCOCC1)c1cnc2ccccc2c1. The van der Waals surface area contributed by atoms with Crippen LogP contribution in [0.15, 0.2) is 36.5 Å². The van der Waals surface area contributed by atoms with Gasteiger partial charge in [-0.05, 0) is 17.7 Å². The van der Waals surface area contributed by atoms with Crippen molar-refractivity contribution in [2.45, 2.75) is 5.92 Å². The molecule has 0 radical (unpaired) electrons. The zero-order valence-corrected chi connectivity index (χ0v) is 11.7. The number of morpholine rings is 1. The molecule has 1 atom stereocenters. The third-order valence-corrected chi connectivity index (χ3v) is 3.95. The van der Waals surface area contributed by atoms with Gasteiger partial charge in [0, 0.05) is 43.7 Å². The number of pyridine rings is 1. The molecule has 106 valence electrons. The van der Waals surface area contributed by atoms with E-state index < -0.39 is 0 Å². The number of ether oxygens (including phenoxy) is 1. The lowest BCUT2D eigenvalue weighted by Crippen LogP contribution is -2.40. The number of benzene rings is 1. The maximum absolute atomic E-state index is 5.98. The van der Waals surface area contributed by atoms with Gasteiger partial charge in [-0.2, -0.15) is 0 Å². The summed E-state index contributed by atoms with van der Waals surface area (Å²) in [6, 6.07) is 10.4. The molecule has 2 aromatic rings. The number of hydrogen-bond acceptors (Lipinski definition) is 4. The van der Waals surface area contributed by atoms with E-state index in [0.29, 0.717) is 12.5 Å². The lowest BCUT2D eigenvalue weighted by atomic mass is 9.98. The summed E-state index contributed by atoms with van der Waals surface area (Å²) in [5.74, 6) is 0.338. The van der Waals surface area contributed by atoms with Gasteiger partial charge in [0.2, 0.25) is 0 Å². The van der Waals surface area contributed by atoms with Gasteiger partial charge in [-0.25, -0.2) is 0 Å². The fourth-order valence-corrected chi connectivity index (χ4v) is 2.72. The van der Waals surface area contributed by atoms with Crippen LogP contribution in [0.1, 0.15) is 11.5 Å². The molecule has 4 nitrogen and oxygen atoms in total. The Hall–Kier alpha value is -1.49. The van der Waals surface area contributed by atoms with Crippen LogP contribution in [0, 0.1) is 0 Å². The molecular formula is C16H21N3O. The van der Waals surface area contributed by atoms with E-state index in [1.165, 1.54) is 10.9 Å². The second-order valence-corrected chi connectivity index (χ2v) is 5.31. The smallest absolute Gasteiger partial charge is 0.0702 e. The second-order valence-electron chi connectivity index (χ2n) is 5.31. The van der Waals surface area contributed by atoms with Gasteiger partial charge in [0.1, 0.15) is 0 Å². The highest BCUT2D eigenvalue weighted by Gasteiger charge is 2.17. The zero-order chi connectivity index (χ0) is 13.8. The maximum Gasteiger partial charge on any atom is 0.0702 e. The number of nitrogens with zero attached hydrogens (tertiary/aromatic N) is 2. The van der Waals surface area contributed by atoms with Crippen molar-refractivity contribution in [1.82, 2.24) is 9.88 Å². The fraction of sp³-hybridized carbons (Fsp3) is 0.438. The molecule has 2 N–H and O–H groups in total. The normalized spacial score (nSPS) is 18.2. The van der Waals surface area contributed by atoms with Crippen molar-refractivity contribution in [2.24, 2.45) is 5.73 Å². The summed E-state index contributed by atoms with van der Waals surface area (Å²) in [6.45, 7) is 5.28. The summed E-state index contributed by atoms with van der Waals surface area (Å²) in [5.41, 5.74) is 8.25. The number of aromatic nitrogens is 1. The molecule has 1 fully saturated rings. The Kier molecular flexibility index (Phi) is 4.25. The van der Waals surface area contributed by atoms with Crippen LogP contribution in [0.25, 0.3) is 10.9 Å². The van der Waals surface area contributed by atoms with Gasteiger partial charge >= 0.3 is 0 Å². The molecule has 0 aliphatic carbocycles. The first-order chi connectivity index (χ1) is 9.86. The lowest BCUT2D eigenvalue weighted by Gasteiger charge is -2.30. The Morgan fingerprint density at radius 3 is 2.85 bits per heavy atom. The van der Waals surface area contributed by atoms with Crippen LogP contribution >= 0.6 is 0 Å². The summed E-state index contributed by atoms with van der Waals surface area (Å²) in [5, 5.41) is 1.19. The van der Waals surface area contributed by atoms with Crippen LogP contribution in [-0.2, 0) is 4.74 Å². The highest BCUT2D eigenvalue weighted by atomic mass is 16.5. The first-order valence-corrected chi connectivity index (χ1v) is 7.21. The Morgan fingerprint density at radius 2 is 2.05 bits per heavy atom. The van der Waals surface area contributed by atoms with Crippen molar-refractivity contribution in [2.75, 3.05) is 39.4 Å². The molecule has 1 unspecified atom stereocenters. The Balaban J connectivity index is 1.79. The molecule has 4 heteroatoms. The lowest BCUT2D eigenvalue weighted by molar-refractivity contribution is 0.0353. The van der Waals surface area contributed by atoms with Crippen LogP contribution in [0.3, 0.4) is 0 Å². The average Bonchev–Trinajstić information content (AvgIpc) is 2.53. The number of para-hydroxylation sites is 1. The van der Waals surface area contributed by atoms with Gasteiger partial charge in [0.15, 0.2) is 0 Å². The van der Waals surface area contributed by atoms with E-state index in [1.807, 2.05) is 24.4 Å². The molecule has 0 bridgehead atoms. The Labute approximate surface area is 119 Å². The zero-order valence-electron chi connectivity index (χ0n) is 11.7. The summed E-state index contributed by atoms with van der Waals surface area (Å²) in [6.07, 6.45) is 1.97. The topological polar surface area (TPSA) is 51.4 Å². The minimum absolute atomic E-state index is 0.338. The Bertz CT molecular complexity index is 566. The first-order valence-electron chi connectivity index (χ1n) is 7.21. The van der Waals surface area contributed by atoms with Gasteiger partial charge < -0.3 is 10.5 Å². The van der Waals surface area contributed by atoms with E-state index >= 15 is 0 Å². The molecule has 1 aromatic heterocycles. The largest absolute Gasteiger partial charge is 0.379 e. The monoisotopic (exact) mass is 271 g/mol. The number of hydrogen-bond donors (Lipinski definition) is 1. The third kappa shape index (κ3) is 2.98. The average molecular weight is 271 g/mol. The van der Waals surface area contributed by atoms with Crippen LogP contribution in [0.5, 0.6) is 0 Å². The van der Waals surface area contributed by atoms with E-state index in [9.17, 15) is 0 Å². The molecule has 1 aromatic carbocycles. The van der Waals surface area contributed by atoms with Crippen LogP contribution in [-0.4, -0.2) is 49.3 Å². The quantitative estimate of drug-likeness (QED) is 0.918. The maximum atomic E-state index is 5.98. The summed E-state index contributed by atoms with van der Waals surface area (Å²) < 4.78 is 5.39. The van der Waals surface area contributed by atoms with Gasteiger partial charge in [-0.15, -0.1) is 0 Å². The van der Waals surface area contributed by atoms with Gasteiger partial charge in [0.25, 0.3) is 0 Å². The minimum atomic E-state index is 0.338. The van der Waals surface area contributed by atoms with Gasteiger partial charge in [-0.3, -0.25) is 9.88 Å². The molecule has 1 saturated heterocycles. The highest BCUT2D eigenvalue weighted by Crippen LogP contribution is 2.20. The molecule has 0 amide bonds. The van der Waals surface area contributed by atoms with Crippen molar-refractivity contribution in [3.8, 4) is 0 Å². The van der Waals surface area contributed by atoms with Crippen molar-refractivity contribution < 1.29 is 4.74 Å². The van der Waals surface area contributed by atoms with Crippen molar-refractivity contribution in [3.05, 3.63) is 42.1 Å². The Morgan fingerprint density at radius 1 is 1.25 bits per heavy atom. The van der Waals surface area contributed by atoms with E-state index in [4.69, 9.17) is 10.5 Å². The third-order valence-electron chi connectivity index (χ3n) is 3.95. The van der Waals surface area contributed by atoms with Gasteiger partial charge in [0.05, 0.1) is 18.7 Å². The number of rotatable bonds is 4. The molecule has 0 saturated carbocycles. The molecular weight excluding hydrogens is 250 g/mol. The summed E-state index contributed by atoms with van der Waals surface area (Å²) in [4.78, 5) is 6.97. The molecule has 1 aliphatic rings. The van der Waals surface area contributed by atoms with Crippen molar-refractivity contribution in [1.29, 1.82) is 0 Å². The molecule has 20 heavy (non-hydrogen) atoms. The molecule has 0 spiro atoms. The van der Waals surface area contributed by atoms with E-state index in [-0.39, 0.29) is 0 Å². The van der Waals surface area contributed by atoms with Crippen LogP contribution in [0.4, 0.5) is 0 Å². The van der Waals surface area contributed by atoms with Crippen LogP contribution < -0.4 is 5.73 Å². The fourth-order valence-electron chi connectivity index (χ4n) is 2.72. The van der Waals surface area contributed by atoms with Crippen molar-refractivity contribution in [3.63, 3.8) is 0 Å². The first kappa shape index (κ1) is 13.5. The van der Waals surface area contributed by atoms with Crippen LogP contribution in [0.2, 0.25) is 0 Å². The predicted molar refractivity (Wildman–Crippen MR) is 80.8 cm³/mol. The number of fused-ring (bicyclic) bond motifs is 1. The molecule has 1 aliphatic heterocycles. The molecule has 2 heterocycles. The summed E-state index contributed by atoms with van der Waals surface area (Å²) in [7, 11) is 0. The predicted octanol–water partition coefficient (Wildman–Crippen LogP) is 1.61. The van der Waals surface area contributed by atoms with E-state index in [1.54, 1.807) is 0 Å². The number of nitrogens with two attached hydrogens (primary N) is 1. The second kappa shape index (κ2) is 6.31. The highest BCUT2D eigenvalue weighted by molar-refractivity contribution is 5.78. The molecule has 3 rings (SSSR count). The standard InChI is InChI=1S/C16H21N3O/c17-10-15(12-19-5-7-20-8-6-19)14-9-13-3-1-2-4-16(13)18-11-14/h1-4,9,11,15H,5-8,10,12,17H2. The van der Waals surface area contributed by atoms with E-state index in [0.717, 1.165) is 38.4 Å². The van der Waals surface area contributed by atoms with Crippen molar-refractivity contribution >= 4 is 10.9 Å². The van der Waals surface area contributed by atoms with Gasteiger partial charge in [-0.1, -0.05) is 18.2 Å². The minimum Gasteiger partial charge on any atom is -0.379 e.